The van der Waals surface area contributed by atoms with E-state index < -0.39 is 0 Å². The molecule has 176 valence electrons. The molecule has 0 amide bonds. The first-order chi connectivity index (χ1) is 14.7. The minimum atomic E-state index is 0.456. The van der Waals surface area contributed by atoms with Crippen LogP contribution in [-0.4, -0.2) is 18.6 Å². The van der Waals surface area contributed by atoms with Crippen LogP contribution in [-0.2, 0) is 0 Å². The molecule has 10 atom stereocenters. The molecule has 2 nitrogen and oxygen atoms in total. The second-order valence-electron chi connectivity index (χ2n) is 13.5. The maximum atomic E-state index is 6.40. The van der Waals surface area contributed by atoms with Gasteiger partial charge in [0.15, 0.2) is 0 Å². The summed E-state index contributed by atoms with van der Waals surface area (Å²) < 4.78 is 0. The topological polar surface area (TPSA) is 38.0 Å². The van der Waals surface area contributed by atoms with Crippen molar-refractivity contribution >= 4 is 0 Å². The summed E-state index contributed by atoms with van der Waals surface area (Å²) >= 11 is 0. The minimum absolute atomic E-state index is 0.456. The third-order valence-electron chi connectivity index (χ3n) is 11.8. The van der Waals surface area contributed by atoms with Gasteiger partial charge in [0.25, 0.3) is 0 Å². The average molecular weight is 427 g/mol. The number of nitrogens with two attached hydrogens (primary N) is 1. The van der Waals surface area contributed by atoms with E-state index in [4.69, 9.17) is 5.73 Å². The van der Waals surface area contributed by atoms with Gasteiger partial charge in [0.05, 0.1) is 0 Å². The van der Waals surface area contributed by atoms with Crippen LogP contribution in [0.2, 0.25) is 0 Å². The number of hydrogen-bond donors (Lipinski definition) is 2. The largest absolute Gasteiger partial charge is 0.328 e. The van der Waals surface area contributed by atoms with E-state index in [1.54, 1.807) is 0 Å². The van der Waals surface area contributed by atoms with Gasteiger partial charge in [-0.1, -0.05) is 46.3 Å². The van der Waals surface area contributed by atoms with Gasteiger partial charge in [-0.25, -0.2) is 0 Å². The lowest BCUT2D eigenvalue weighted by molar-refractivity contribution is -0.0126. The van der Waals surface area contributed by atoms with Crippen molar-refractivity contribution in [3.63, 3.8) is 0 Å². The molecule has 1 heterocycles. The maximum Gasteiger partial charge on any atom is 0.0101 e. The van der Waals surface area contributed by atoms with Crippen molar-refractivity contribution in [1.82, 2.24) is 5.32 Å². The van der Waals surface area contributed by atoms with Gasteiger partial charge in [0.1, 0.15) is 0 Å². The van der Waals surface area contributed by atoms with Crippen molar-refractivity contribution in [2.45, 2.75) is 111 Å². The highest BCUT2D eigenvalue weighted by Gasteiger charge is 2.58. The van der Waals surface area contributed by atoms with Crippen LogP contribution in [0, 0.1) is 52.3 Å². The van der Waals surface area contributed by atoms with Gasteiger partial charge in [-0.15, -0.1) is 0 Å². The standard InChI is InChI=1S/C29H50N2/c1-18(2)22-12-15-31-27(22)16-19(3)24-8-9-25-23-7-6-20-17-21(30)10-13-28(20,4)26(23)11-14-29(24,25)5/h7,18-22,24-27,31H,6,8-17,30H2,1-5H3/t19-,20+,21-,22+,24-,25+,26+,27+,28+,29-/m1/s1. The fraction of sp³-hybridized carbons (Fsp3) is 0.931. The lowest BCUT2D eigenvalue weighted by Gasteiger charge is -2.58. The third kappa shape index (κ3) is 3.58. The first-order valence-electron chi connectivity index (χ1n) is 13.9. The molecule has 3 saturated carbocycles. The summed E-state index contributed by atoms with van der Waals surface area (Å²) in [7, 11) is 0. The Balaban J connectivity index is 1.33. The van der Waals surface area contributed by atoms with E-state index in [2.05, 4.69) is 46.0 Å². The molecule has 4 aliphatic carbocycles. The lowest BCUT2D eigenvalue weighted by Crippen LogP contribution is -2.51. The smallest absolute Gasteiger partial charge is 0.0101 e. The molecule has 5 aliphatic rings. The summed E-state index contributed by atoms with van der Waals surface area (Å²) in [5.74, 6) is 6.03. The van der Waals surface area contributed by atoms with Crippen molar-refractivity contribution in [3.05, 3.63) is 11.6 Å². The van der Waals surface area contributed by atoms with Gasteiger partial charge in [0.2, 0.25) is 0 Å². The zero-order valence-electron chi connectivity index (χ0n) is 21.1. The molecular formula is C29H50N2. The Bertz CT molecular complexity index is 697. The fourth-order valence-corrected chi connectivity index (χ4v) is 9.93. The number of rotatable bonds is 4. The number of hydrogen-bond acceptors (Lipinski definition) is 2. The first-order valence-corrected chi connectivity index (χ1v) is 13.9. The Morgan fingerprint density at radius 3 is 2.52 bits per heavy atom. The second-order valence-corrected chi connectivity index (χ2v) is 13.5. The van der Waals surface area contributed by atoms with E-state index >= 15 is 0 Å². The summed E-state index contributed by atoms with van der Waals surface area (Å²) in [6.45, 7) is 14.1. The molecule has 0 bridgehead atoms. The molecule has 31 heavy (non-hydrogen) atoms. The molecule has 0 spiro atoms. The lowest BCUT2D eigenvalue weighted by atomic mass is 9.47. The van der Waals surface area contributed by atoms with Crippen molar-refractivity contribution in [1.29, 1.82) is 0 Å². The molecule has 4 fully saturated rings. The normalized spacial score (nSPS) is 50.5. The quantitative estimate of drug-likeness (QED) is 0.500. The van der Waals surface area contributed by atoms with E-state index in [0.29, 0.717) is 16.9 Å². The summed E-state index contributed by atoms with van der Waals surface area (Å²) in [5.41, 5.74) is 9.38. The summed E-state index contributed by atoms with van der Waals surface area (Å²) in [6.07, 6.45) is 16.6. The van der Waals surface area contributed by atoms with Crippen LogP contribution in [0.4, 0.5) is 0 Å². The molecule has 0 aromatic rings. The van der Waals surface area contributed by atoms with Crippen molar-refractivity contribution in [2.75, 3.05) is 6.54 Å². The summed E-state index contributed by atoms with van der Waals surface area (Å²) in [4.78, 5) is 0. The average Bonchev–Trinajstić information content (AvgIpc) is 3.32. The first kappa shape index (κ1) is 22.5. The van der Waals surface area contributed by atoms with Crippen LogP contribution in [0.1, 0.15) is 98.8 Å². The third-order valence-corrected chi connectivity index (χ3v) is 11.8. The molecule has 0 aromatic carbocycles. The fourth-order valence-electron chi connectivity index (χ4n) is 9.93. The molecule has 2 heteroatoms. The predicted molar refractivity (Wildman–Crippen MR) is 132 cm³/mol. The van der Waals surface area contributed by atoms with Gasteiger partial charge in [-0.05, 0) is 123 Å². The SMILES string of the molecule is CC(C)[C@@H]1CCN[C@H]1C[C@@H](C)[C@H]1CC[C@H]2C3=CC[C@H]4C[C@H](N)CC[C@]4(C)[C@H]3CC[C@]12C. The molecule has 0 radical (unpaired) electrons. The van der Waals surface area contributed by atoms with Gasteiger partial charge in [-0.3, -0.25) is 0 Å². The molecule has 0 unspecified atom stereocenters. The maximum absolute atomic E-state index is 6.40. The van der Waals surface area contributed by atoms with E-state index in [0.717, 1.165) is 47.5 Å². The van der Waals surface area contributed by atoms with Crippen LogP contribution in [0.3, 0.4) is 0 Å². The monoisotopic (exact) mass is 426 g/mol. The van der Waals surface area contributed by atoms with E-state index in [1.165, 1.54) is 70.8 Å². The molecule has 1 saturated heterocycles. The van der Waals surface area contributed by atoms with Crippen LogP contribution in [0.25, 0.3) is 0 Å². The van der Waals surface area contributed by atoms with E-state index in [1.807, 2.05) is 5.57 Å². The van der Waals surface area contributed by atoms with Crippen molar-refractivity contribution < 1.29 is 0 Å². The Hall–Kier alpha value is -0.340. The van der Waals surface area contributed by atoms with Crippen molar-refractivity contribution in [3.8, 4) is 0 Å². The van der Waals surface area contributed by atoms with Gasteiger partial charge in [0, 0.05) is 12.1 Å². The highest BCUT2D eigenvalue weighted by Crippen LogP contribution is 2.67. The number of nitrogens with one attached hydrogen (secondary N) is 1. The Morgan fingerprint density at radius 1 is 1.00 bits per heavy atom. The second kappa shape index (κ2) is 8.15. The van der Waals surface area contributed by atoms with E-state index in [-0.39, 0.29) is 0 Å². The van der Waals surface area contributed by atoms with Crippen LogP contribution in [0.5, 0.6) is 0 Å². The zero-order chi connectivity index (χ0) is 22.0. The minimum Gasteiger partial charge on any atom is -0.328 e. The van der Waals surface area contributed by atoms with E-state index in [9.17, 15) is 0 Å². The van der Waals surface area contributed by atoms with Crippen LogP contribution >= 0.6 is 0 Å². The Labute approximate surface area is 192 Å². The molecule has 5 rings (SSSR count). The zero-order valence-corrected chi connectivity index (χ0v) is 21.1. The molecule has 1 aliphatic heterocycles. The van der Waals surface area contributed by atoms with Crippen molar-refractivity contribution in [2.24, 2.45) is 58.0 Å². The predicted octanol–water partition coefficient (Wildman–Crippen LogP) is 6.55. The summed E-state index contributed by atoms with van der Waals surface area (Å²) in [6, 6.07) is 1.21. The van der Waals surface area contributed by atoms with Gasteiger partial charge >= 0.3 is 0 Å². The highest BCUT2D eigenvalue weighted by atomic mass is 15.0. The molecular weight excluding hydrogens is 376 g/mol. The Kier molecular flexibility index (Phi) is 5.91. The molecule has 0 aromatic heterocycles. The Morgan fingerprint density at radius 2 is 1.74 bits per heavy atom. The number of fused-ring (bicyclic) bond motifs is 5. The van der Waals surface area contributed by atoms with Gasteiger partial charge in [-0.2, -0.15) is 0 Å². The highest BCUT2D eigenvalue weighted by molar-refractivity contribution is 5.27. The van der Waals surface area contributed by atoms with Crippen LogP contribution in [0.15, 0.2) is 11.6 Å². The number of allylic oxidation sites excluding steroid dienone is 2. The molecule has 3 N–H and O–H groups in total. The summed E-state index contributed by atoms with van der Waals surface area (Å²) in [5, 5.41) is 3.89. The van der Waals surface area contributed by atoms with Crippen LogP contribution < -0.4 is 11.1 Å². The van der Waals surface area contributed by atoms with Gasteiger partial charge < -0.3 is 11.1 Å².